The predicted octanol–water partition coefficient (Wildman–Crippen LogP) is 2.79. The van der Waals surface area contributed by atoms with Gasteiger partial charge < -0.3 is 10.8 Å². The number of thiophene rings is 1. The summed E-state index contributed by atoms with van der Waals surface area (Å²) in [7, 11) is 0. The molecule has 0 bridgehead atoms. The number of carboxylic acids is 1. The topological polar surface area (TPSA) is 63.3 Å². The molecular formula is C9H6INO2S. The maximum absolute atomic E-state index is 10.9. The van der Waals surface area contributed by atoms with Gasteiger partial charge in [0.1, 0.15) is 0 Å². The lowest BCUT2D eigenvalue weighted by Crippen LogP contribution is -1.97. The van der Waals surface area contributed by atoms with Gasteiger partial charge in [0.25, 0.3) is 0 Å². The first-order valence-corrected chi connectivity index (χ1v) is 5.69. The van der Waals surface area contributed by atoms with E-state index in [9.17, 15) is 4.79 Å². The number of hydrogen-bond acceptors (Lipinski definition) is 3. The van der Waals surface area contributed by atoms with Crippen LogP contribution in [0.4, 0.5) is 5.69 Å². The zero-order valence-electron chi connectivity index (χ0n) is 6.95. The Kier molecular flexibility index (Phi) is 2.36. The summed E-state index contributed by atoms with van der Waals surface area (Å²) >= 11 is 3.64. The molecule has 2 rings (SSSR count). The highest BCUT2D eigenvalue weighted by Gasteiger charge is 2.12. The molecule has 0 aliphatic rings. The Balaban J connectivity index is 2.85. The normalized spacial score (nSPS) is 10.6. The zero-order chi connectivity index (χ0) is 10.3. The third-order valence-corrected chi connectivity index (χ3v) is 3.78. The number of carboxylic acid groups (broad SMARTS) is 1. The predicted molar refractivity (Wildman–Crippen MR) is 65.9 cm³/mol. The molecule has 1 aromatic heterocycles. The summed E-state index contributed by atoms with van der Waals surface area (Å²) in [5, 5.41) is 9.87. The average molecular weight is 319 g/mol. The molecule has 14 heavy (non-hydrogen) atoms. The molecule has 3 nitrogen and oxygen atoms in total. The molecular weight excluding hydrogens is 313 g/mol. The van der Waals surface area contributed by atoms with Crippen molar-refractivity contribution in [2.75, 3.05) is 5.73 Å². The Morgan fingerprint density at radius 2 is 2.14 bits per heavy atom. The van der Waals surface area contributed by atoms with Gasteiger partial charge in [-0.25, -0.2) is 4.79 Å². The highest BCUT2D eigenvalue weighted by Crippen LogP contribution is 2.31. The van der Waals surface area contributed by atoms with E-state index in [1.807, 2.05) is 6.07 Å². The van der Waals surface area contributed by atoms with Gasteiger partial charge in [0.15, 0.2) is 0 Å². The molecule has 0 aliphatic carbocycles. The van der Waals surface area contributed by atoms with Crippen LogP contribution >= 0.6 is 33.9 Å². The third-order valence-electron chi connectivity index (χ3n) is 1.84. The lowest BCUT2D eigenvalue weighted by molar-refractivity contribution is 0.0699. The second-order valence-electron chi connectivity index (χ2n) is 2.84. The SMILES string of the molecule is Nc1cc(C(=O)O)c2sc(I)cc2c1. The van der Waals surface area contributed by atoms with Crippen LogP contribution in [0.25, 0.3) is 10.1 Å². The fourth-order valence-electron chi connectivity index (χ4n) is 1.30. The van der Waals surface area contributed by atoms with E-state index in [4.69, 9.17) is 10.8 Å². The first-order valence-electron chi connectivity index (χ1n) is 3.80. The Bertz CT molecular complexity index is 521. The highest BCUT2D eigenvalue weighted by atomic mass is 127. The van der Waals surface area contributed by atoms with Crippen molar-refractivity contribution in [3.63, 3.8) is 0 Å². The second-order valence-corrected chi connectivity index (χ2v) is 5.79. The number of halogens is 1. The number of benzene rings is 1. The van der Waals surface area contributed by atoms with Crippen molar-refractivity contribution in [3.8, 4) is 0 Å². The number of hydrogen-bond donors (Lipinski definition) is 2. The Hall–Kier alpha value is -0.820. The number of rotatable bonds is 1. The first kappa shape index (κ1) is 9.72. The molecule has 2 aromatic rings. The van der Waals surface area contributed by atoms with Gasteiger partial charge >= 0.3 is 5.97 Å². The van der Waals surface area contributed by atoms with E-state index in [2.05, 4.69) is 22.6 Å². The molecule has 0 amide bonds. The van der Waals surface area contributed by atoms with Crippen molar-refractivity contribution < 1.29 is 9.90 Å². The van der Waals surface area contributed by atoms with Gasteiger partial charge in [0.05, 0.1) is 13.1 Å². The maximum atomic E-state index is 10.9. The van der Waals surface area contributed by atoms with Gasteiger partial charge in [0, 0.05) is 5.69 Å². The monoisotopic (exact) mass is 319 g/mol. The summed E-state index contributed by atoms with van der Waals surface area (Å²) in [6.07, 6.45) is 0. The summed E-state index contributed by atoms with van der Waals surface area (Å²) in [6, 6.07) is 5.22. The van der Waals surface area contributed by atoms with Crippen LogP contribution in [-0.2, 0) is 0 Å². The van der Waals surface area contributed by atoms with Crippen LogP contribution in [-0.4, -0.2) is 11.1 Å². The smallest absolute Gasteiger partial charge is 0.337 e. The standard InChI is InChI=1S/C9H6INO2S/c10-7-2-4-1-5(11)3-6(9(12)13)8(4)14-7/h1-3H,11H2,(H,12,13). The summed E-state index contributed by atoms with van der Waals surface area (Å²) < 4.78 is 1.85. The number of nitrogens with two attached hydrogens (primary N) is 1. The Morgan fingerprint density at radius 1 is 1.43 bits per heavy atom. The molecule has 0 unspecified atom stereocenters. The van der Waals surface area contributed by atoms with Gasteiger partial charge in [-0.3, -0.25) is 0 Å². The lowest BCUT2D eigenvalue weighted by Gasteiger charge is -1.98. The van der Waals surface area contributed by atoms with Gasteiger partial charge in [-0.1, -0.05) is 0 Å². The van der Waals surface area contributed by atoms with Crippen LogP contribution in [0.15, 0.2) is 18.2 Å². The fourth-order valence-corrected chi connectivity index (χ4v) is 3.17. The van der Waals surface area contributed by atoms with E-state index in [-0.39, 0.29) is 5.56 Å². The Labute approximate surface area is 97.7 Å². The number of fused-ring (bicyclic) bond motifs is 1. The molecule has 1 aromatic carbocycles. The number of anilines is 1. The Morgan fingerprint density at radius 3 is 2.79 bits per heavy atom. The molecule has 0 spiro atoms. The van der Waals surface area contributed by atoms with Gasteiger partial charge in [-0.2, -0.15) is 0 Å². The molecule has 0 saturated carbocycles. The minimum absolute atomic E-state index is 0.285. The van der Waals surface area contributed by atoms with Crippen molar-refractivity contribution in [3.05, 3.63) is 26.6 Å². The van der Waals surface area contributed by atoms with E-state index >= 15 is 0 Å². The molecule has 0 radical (unpaired) electrons. The summed E-state index contributed by atoms with van der Waals surface area (Å²) in [4.78, 5) is 10.9. The van der Waals surface area contributed by atoms with Crippen molar-refractivity contribution >= 4 is 55.7 Å². The quantitative estimate of drug-likeness (QED) is 0.627. The first-order chi connectivity index (χ1) is 6.58. The summed E-state index contributed by atoms with van der Waals surface area (Å²) in [6.45, 7) is 0. The zero-order valence-corrected chi connectivity index (χ0v) is 9.93. The minimum atomic E-state index is -0.930. The van der Waals surface area contributed by atoms with Gasteiger partial charge in [-0.15, -0.1) is 11.3 Å². The van der Waals surface area contributed by atoms with Crippen molar-refractivity contribution in [2.45, 2.75) is 0 Å². The van der Waals surface area contributed by atoms with E-state index in [1.54, 1.807) is 6.07 Å². The molecule has 0 aliphatic heterocycles. The van der Waals surface area contributed by atoms with Crippen LogP contribution in [0.3, 0.4) is 0 Å². The maximum Gasteiger partial charge on any atom is 0.337 e. The van der Waals surface area contributed by atoms with Crippen molar-refractivity contribution in [2.24, 2.45) is 0 Å². The minimum Gasteiger partial charge on any atom is -0.478 e. The molecule has 0 saturated heterocycles. The lowest BCUT2D eigenvalue weighted by atomic mass is 10.1. The molecule has 72 valence electrons. The third kappa shape index (κ3) is 1.57. The highest BCUT2D eigenvalue weighted by molar-refractivity contribution is 14.1. The second kappa shape index (κ2) is 3.39. The van der Waals surface area contributed by atoms with Crippen molar-refractivity contribution in [1.29, 1.82) is 0 Å². The molecule has 0 atom stereocenters. The van der Waals surface area contributed by atoms with E-state index in [1.165, 1.54) is 17.4 Å². The van der Waals surface area contributed by atoms with Crippen LogP contribution in [0, 0.1) is 2.88 Å². The number of nitrogen functional groups attached to an aromatic ring is 1. The summed E-state index contributed by atoms with van der Waals surface area (Å²) in [5.41, 5.74) is 6.39. The van der Waals surface area contributed by atoms with Gasteiger partial charge in [0.2, 0.25) is 0 Å². The van der Waals surface area contributed by atoms with Gasteiger partial charge in [-0.05, 0) is 46.2 Å². The van der Waals surface area contributed by atoms with E-state index < -0.39 is 5.97 Å². The molecule has 0 fully saturated rings. The van der Waals surface area contributed by atoms with E-state index in [0.717, 1.165) is 13.0 Å². The van der Waals surface area contributed by atoms with Crippen molar-refractivity contribution in [1.82, 2.24) is 0 Å². The number of carbonyl (C=O) groups is 1. The fraction of sp³-hybridized carbons (Fsp3) is 0. The molecule has 3 N–H and O–H groups in total. The molecule has 5 heteroatoms. The van der Waals surface area contributed by atoms with E-state index in [0.29, 0.717) is 5.69 Å². The average Bonchev–Trinajstić information content (AvgIpc) is 2.42. The van der Waals surface area contributed by atoms with Crippen LogP contribution in [0.5, 0.6) is 0 Å². The summed E-state index contributed by atoms with van der Waals surface area (Å²) in [5.74, 6) is -0.930. The number of aromatic carboxylic acids is 1. The van der Waals surface area contributed by atoms with Crippen LogP contribution in [0.1, 0.15) is 10.4 Å². The molecule has 1 heterocycles. The van der Waals surface area contributed by atoms with Crippen LogP contribution < -0.4 is 5.73 Å². The van der Waals surface area contributed by atoms with Crippen LogP contribution in [0.2, 0.25) is 0 Å². The largest absolute Gasteiger partial charge is 0.478 e.